The topological polar surface area (TPSA) is 67.3 Å². The first-order valence-electron chi connectivity index (χ1n) is 5.20. The monoisotopic (exact) mass is 321 g/mol. The third-order valence-corrected chi connectivity index (χ3v) is 3.83. The third-order valence-electron chi connectivity index (χ3n) is 2.33. The Labute approximate surface area is 116 Å². The van der Waals surface area contributed by atoms with Crippen molar-refractivity contribution >= 4 is 38.9 Å². The van der Waals surface area contributed by atoms with Crippen LogP contribution in [-0.2, 0) is 5.75 Å². The van der Waals surface area contributed by atoms with E-state index < -0.39 is 0 Å². The first kappa shape index (κ1) is 11.6. The van der Waals surface area contributed by atoms with Gasteiger partial charge in [0, 0.05) is 16.4 Å². The minimum Gasteiger partial charge on any atom is -0.341 e. The highest BCUT2D eigenvalue weighted by Crippen LogP contribution is 2.24. The highest BCUT2D eigenvalue weighted by atomic mass is 79.9. The van der Waals surface area contributed by atoms with Crippen molar-refractivity contribution in [3.63, 3.8) is 0 Å². The molecule has 0 aliphatic rings. The molecule has 0 aliphatic heterocycles. The van der Waals surface area contributed by atoms with Crippen molar-refractivity contribution in [2.24, 2.45) is 0 Å². The molecule has 18 heavy (non-hydrogen) atoms. The lowest BCUT2D eigenvalue weighted by Gasteiger charge is -2.01. The van der Waals surface area contributed by atoms with E-state index in [0.717, 1.165) is 26.5 Å². The average molecular weight is 322 g/mol. The summed E-state index contributed by atoms with van der Waals surface area (Å²) in [5.74, 6) is 0.762. The second kappa shape index (κ2) is 5.03. The predicted molar refractivity (Wildman–Crippen MR) is 73.2 cm³/mol. The number of imidazole rings is 1. The van der Waals surface area contributed by atoms with Gasteiger partial charge in [0.05, 0.1) is 12.0 Å². The van der Waals surface area contributed by atoms with Gasteiger partial charge in [-0.15, -0.1) is 0 Å². The van der Waals surface area contributed by atoms with Crippen molar-refractivity contribution in [3.05, 3.63) is 41.2 Å². The summed E-state index contributed by atoms with van der Waals surface area (Å²) >= 11 is 4.98. The zero-order valence-electron chi connectivity index (χ0n) is 9.17. The van der Waals surface area contributed by atoms with E-state index in [2.05, 4.69) is 40.8 Å². The molecule has 3 heterocycles. The number of hydrogen-bond donors (Lipinski definition) is 1. The molecule has 5 nitrogen and oxygen atoms in total. The van der Waals surface area contributed by atoms with Gasteiger partial charge in [0.25, 0.3) is 0 Å². The van der Waals surface area contributed by atoms with E-state index in [1.807, 2.05) is 12.1 Å². The van der Waals surface area contributed by atoms with Crippen LogP contribution in [0.4, 0.5) is 0 Å². The Morgan fingerprint density at radius 2 is 2.11 bits per heavy atom. The maximum Gasteiger partial charge on any atom is 0.181 e. The number of halogens is 1. The molecule has 1 N–H and O–H groups in total. The molecule has 0 radical (unpaired) electrons. The van der Waals surface area contributed by atoms with E-state index >= 15 is 0 Å². The summed E-state index contributed by atoms with van der Waals surface area (Å²) in [5, 5.41) is 0.891. The molecule has 3 aromatic heterocycles. The molecule has 0 atom stereocenters. The summed E-state index contributed by atoms with van der Waals surface area (Å²) in [4.78, 5) is 19.8. The minimum absolute atomic E-state index is 0.691. The maximum atomic E-state index is 4.32. The van der Waals surface area contributed by atoms with Crippen LogP contribution in [-0.4, -0.2) is 24.9 Å². The Morgan fingerprint density at radius 1 is 1.17 bits per heavy atom. The molecular weight excluding hydrogens is 314 g/mol. The van der Waals surface area contributed by atoms with Gasteiger partial charge >= 0.3 is 0 Å². The van der Waals surface area contributed by atoms with Crippen LogP contribution in [0.15, 0.2) is 40.5 Å². The maximum absolute atomic E-state index is 4.32. The van der Waals surface area contributed by atoms with Crippen LogP contribution in [0.1, 0.15) is 5.69 Å². The molecule has 7 heteroatoms. The second-order valence-electron chi connectivity index (χ2n) is 3.54. The first-order chi connectivity index (χ1) is 8.83. The van der Waals surface area contributed by atoms with Gasteiger partial charge in [-0.25, -0.2) is 15.0 Å². The molecule has 0 saturated heterocycles. The average Bonchev–Trinajstić information content (AvgIpc) is 2.87. The number of nitrogens with one attached hydrogen (secondary N) is 1. The number of fused-ring (bicyclic) bond motifs is 1. The number of aromatic nitrogens is 5. The molecule has 3 aromatic rings. The van der Waals surface area contributed by atoms with E-state index in [0.29, 0.717) is 5.65 Å². The van der Waals surface area contributed by atoms with Gasteiger partial charge < -0.3 is 4.98 Å². The van der Waals surface area contributed by atoms with Crippen molar-refractivity contribution in [1.82, 2.24) is 24.9 Å². The molecule has 0 bridgehead atoms. The summed E-state index contributed by atoms with van der Waals surface area (Å²) < 4.78 is 0.981. The lowest BCUT2D eigenvalue weighted by molar-refractivity contribution is 1.08. The van der Waals surface area contributed by atoms with Gasteiger partial charge in [-0.3, -0.25) is 4.98 Å². The van der Waals surface area contributed by atoms with Gasteiger partial charge in [-0.2, -0.15) is 0 Å². The van der Waals surface area contributed by atoms with Crippen LogP contribution < -0.4 is 0 Å². The van der Waals surface area contributed by atoms with E-state index in [1.54, 1.807) is 24.3 Å². The smallest absolute Gasteiger partial charge is 0.181 e. The number of pyridine rings is 1. The van der Waals surface area contributed by atoms with E-state index in [1.165, 1.54) is 6.33 Å². The molecule has 0 fully saturated rings. The third kappa shape index (κ3) is 2.37. The van der Waals surface area contributed by atoms with Crippen LogP contribution in [0.3, 0.4) is 0 Å². The molecule has 0 aromatic carbocycles. The SMILES string of the molecule is Brc1ccc(CSc2ncnc3nc[nH]c23)nc1. The number of nitrogens with zero attached hydrogens (tertiary/aromatic N) is 4. The molecule has 0 spiro atoms. The first-order valence-corrected chi connectivity index (χ1v) is 6.98. The van der Waals surface area contributed by atoms with Crippen LogP contribution >= 0.6 is 27.7 Å². The summed E-state index contributed by atoms with van der Waals surface area (Å²) in [7, 11) is 0. The van der Waals surface area contributed by atoms with Gasteiger partial charge in [-0.1, -0.05) is 11.8 Å². The van der Waals surface area contributed by atoms with Crippen molar-refractivity contribution in [3.8, 4) is 0 Å². The molecule has 3 rings (SSSR count). The van der Waals surface area contributed by atoms with Gasteiger partial charge in [0.2, 0.25) is 0 Å². The van der Waals surface area contributed by atoms with Gasteiger partial charge in [0.1, 0.15) is 16.9 Å². The normalized spacial score (nSPS) is 10.9. The fraction of sp³-hybridized carbons (Fsp3) is 0.0909. The zero-order valence-corrected chi connectivity index (χ0v) is 11.6. The number of H-pyrrole nitrogens is 1. The Hall–Kier alpha value is -1.47. The summed E-state index contributed by atoms with van der Waals surface area (Å²) in [6, 6.07) is 3.97. The summed E-state index contributed by atoms with van der Waals surface area (Å²) in [6.45, 7) is 0. The largest absolute Gasteiger partial charge is 0.341 e. The highest BCUT2D eigenvalue weighted by molar-refractivity contribution is 9.10. The Bertz CT molecular complexity index is 667. The van der Waals surface area contributed by atoms with Gasteiger partial charge in [0.15, 0.2) is 5.65 Å². The molecular formula is C11H8BrN5S. The Kier molecular flexibility index (Phi) is 3.24. The molecule has 90 valence electrons. The molecule has 0 amide bonds. The van der Waals surface area contributed by atoms with Crippen molar-refractivity contribution < 1.29 is 0 Å². The van der Waals surface area contributed by atoms with Crippen molar-refractivity contribution in [1.29, 1.82) is 0 Å². The van der Waals surface area contributed by atoms with Crippen LogP contribution in [0.2, 0.25) is 0 Å². The Morgan fingerprint density at radius 3 is 2.94 bits per heavy atom. The minimum atomic E-state index is 0.691. The highest BCUT2D eigenvalue weighted by Gasteiger charge is 2.06. The van der Waals surface area contributed by atoms with Crippen molar-refractivity contribution in [2.75, 3.05) is 0 Å². The standard InChI is InChI=1S/C11H8BrN5S/c12-7-1-2-8(13-3-7)4-18-11-9-10(15-5-14-9)16-6-17-11/h1-3,5-6H,4H2,(H,14,15,16,17). The number of aromatic amines is 1. The van der Waals surface area contributed by atoms with E-state index in [4.69, 9.17) is 0 Å². The van der Waals surface area contributed by atoms with E-state index in [-0.39, 0.29) is 0 Å². The summed E-state index contributed by atoms with van der Waals surface area (Å²) in [5.41, 5.74) is 2.57. The van der Waals surface area contributed by atoms with Crippen LogP contribution in [0, 0.1) is 0 Å². The lowest BCUT2D eigenvalue weighted by Crippen LogP contribution is -1.89. The lowest BCUT2D eigenvalue weighted by atomic mass is 10.4. The van der Waals surface area contributed by atoms with E-state index in [9.17, 15) is 0 Å². The number of hydrogen-bond acceptors (Lipinski definition) is 5. The number of rotatable bonds is 3. The molecule has 0 unspecified atom stereocenters. The number of thioether (sulfide) groups is 1. The molecule has 0 saturated carbocycles. The zero-order chi connectivity index (χ0) is 12.4. The van der Waals surface area contributed by atoms with Gasteiger partial charge in [-0.05, 0) is 28.1 Å². The predicted octanol–water partition coefficient (Wildman–Crippen LogP) is 2.80. The Balaban J connectivity index is 1.80. The van der Waals surface area contributed by atoms with Crippen LogP contribution in [0.5, 0.6) is 0 Å². The fourth-order valence-corrected chi connectivity index (χ4v) is 2.59. The quantitative estimate of drug-likeness (QED) is 0.593. The van der Waals surface area contributed by atoms with Crippen molar-refractivity contribution in [2.45, 2.75) is 10.8 Å². The second-order valence-corrected chi connectivity index (χ2v) is 5.42. The fourth-order valence-electron chi connectivity index (χ4n) is 1.49. The molecule has 0 aliphatic carbocycles. The summed E-state index contributed by atoms with van der Waals surface area (Å²) in [6.07, 6.45) is 4.95. The van der Waals surface area contributed by atoms with Crippen LogP contribution in [0.25, 0.3) is 11.2 Å².